The number of imidazole rings is 1. The van der Waals surface area contributed by atoms with Crippen molar-refractivity contribution in [3.63, 3.8) is 0 Å². The molecule has 192 valence electrons. The lowest BCUT2D eigenvalue weighted by Crippen LogP contribution is -2.48. The predicted molar refractivity (Wildman–Crippen MR) is 125 cm³/mol. The molecule has 1 fully saturated rings. The number of ether oxygens (including phenoxy) is 4. The summed E-state index contributed by atoms with van der Waals surface area (Å²) in [6.07, 6.45) is -0.287. The monoisotopic (exact) mass is 505 g/mol. The molecule has 0 spiro atoms. The van der Waals surface area contributed by atoms with E-state index in [1.165, 1.54) is 24.3 Å². The Morgan fingerprint density at radius 3 is 2.36 bits per heavy atom. The summed E-state index contributed by atoms with van der Waals surface area (Å²) in [5.41, 5.74) is 3.02. The van der Waals surface area contributed by atoms with Crippen molar-refractivity contribution in [3.05, 3.63) is 66.6 Å². The number of hydrogen-bond acceptors (Lipinski definition) is 7. The van der Waals surface area contributed by atoms with Crippen LogP contribution < -0.4 is 4.74 Å². The van der Waals surface area contributed by atoms with Crippen molar-refractivity contribution in [1.29, 1.82) is 0 Å². The van der Waals surface area contributed by atoms with Crippen LogP contribution in [0, 0.1) is 0 Å². The van der Waals surface area contributed by atoms with E-state index in [0.717, 1.165) is 11.1 Å². The second-order valence-corrected chi connectivity index (χ2v) is 8.16. The minimum atomic E-state index is -4.73. The Hall–Kier alpha value is -3.41. The molecule has 0 bridgehead atoms. The summed E-state index contributed by atoms with van der Waals surface area (Å²) in [6, 6.07) is 13.0. The minimum absolute atomic E-state index is 0.0717. The lowest BCUT2D eigenvalue weighted by atomic mass is 10.0. The van der Waals surface area contributed by atoms with Gasteiger partial charge in [0.05, 0.1) is 30.4 Å². The van der Waals surface area contributed by atoms with Crippen molar-refractivity contribution in [1.82, 2.24) is 9.55 Å². The van der Waals surface area contributed by atoms with E-state index >= 15 is 0 Å². The van der Waals surface area contributed by atoms with E-state index in [-0.39, 0.29) is 24.1 Å². The summed E-state index contributed by atoms with van der Waals surface area (Å²) in [5, 5.41) is 4.05. The Morgan fingerprint density at radius 2 is 1.72 bits per heavy atom. The van der Waals surface area contributed by atoms with E-state index in [9.17, 15) is 13.2 Å². The number of methoxy groups -OCH3 is 2. The third-order valence-corrected chi connectivity index (χ3v) is 5.77. The van der Waals surface area contributed by atoms with Crippen molar-refractivity contribution < 1.29 is 37.0 Å². The van der Waals surface area contributed by atoms with E-state index in [1.54, 1.807) is 37.5 Å². The molecule has 0 N–H and O–H groups in total. The Bertz CT molecular complexity index is 1150. The van der Waals surface area contributed by atoms with Crippen LogP contribution in [0.15, 0.2) is 66.2 Å². The average Bonchev–Trinajstić information content (AvgIpc) is 3.34. The van der Waals surface area contributed by atoms with Crippen LogP contribution in [0.25, 0.3) is 16.9 Å². The van der Waals surface area contributed by atoms with Crippen LogP contribution in [0.5, 0.6) is 5.75 Å². The molecule has 4 atom stereocenters. The fraction of sp³-hybridized carbons (Fsp3) is 0.360. The molecule has 3 aromatic rings. The molecule has 8 nitrogen and oxygen atoms in total. The number of alkyl halides is 3. The van der Waals surface area contributed by atoms with Crippen LogP contribution in [0.3, 0.4) is 0 Å². The molecule has 36 heavy (non-hydrogen) atoms. The van der Waals surface area contributed by atoms with Crippen molar-refractivity contribution in [3.8, 4) is 22.7 Å². The van der Waals surface area contributed by atoms with Crippen LogP contribution in [-0.4, -0.2) is 60.9 Å². The van der Waals surface area contributed by atoms with Gasteiger partial charge < -0.3 is 28.4 Å². The average molecular weight is 505 g/mol. The first-order valence-corrected chi connectivity index (χ1v) is 11.2. The maximum Gasteiger partial charge on any atom is 0.573 e. The standard InChI is InChI=1S/C25H26F3N3O5/c1-16-22(32-2)12-23(33-3)24(34-16)36-30-13-17-4-6-18(7-5-17)21-14-31(15-29-21)19-8-10-20(11-9-19)35-25(26,27)28/h4-11,13-16,22-24H,12H2,1-3H3/b30-13+/t16-,22+,23+,24-/m0/s1. The zero-order valence-electron chi connectivity index (χ0n) is 19.9. The molecule has 2 aromatic carbocycles. The van der Waals surface area contributed by atoms with E-state index < -0.39 is 12.7 Å². The maximum absolute atomic E-state index is 12.3. The fourth-order valence-corrected chi connectivity index (χ4v) is 3.83. The number of benzene rings is 2. The molecule has 1 aromatic heterocycles. The van der Waals surface area contributed by atoms with Gasteiger partial charge in [-0.2, -0.15) is 0 Å². The van der Waals surface area contributed by atoms with Gasteiger partial charge in [0.1, 0.15) is 11.9 Å². The lowest BCUT2D eigenvalue weighted by molar-refractivity contribution is -0.274. The third-order valence-electron chi connectivity index (χ3n) is 5.77. The highest BCUT2D eigenvalue weighted by atomic mass is 19.4. The van der Waals surface area contributed by atoms with Crippen molar-refractivity contribution in [2.24, 2.45) is 5.16 Å². The van der Waals surface area contributed by atoms with Crippen LogP contribution in [0.2, 0.25) is 0 Å². The molecule has 0 unspecified atom stereocenters. The van der Waals surface area contributed by atoms with Crippen LogP contribution in [0.1, 0.15) is 18.9 Å². The van der Waals surface area contributed by atoms with E-state index in [4.69, 9.17) is 19.0 Å². The highest BCUT2D eigenvalue weighted by Gasteiger charge is 2.38. The van der Waals surface area contributed by atoms with Crippen molar-refractivity contribution >= 4 is 6.21 Å². The number of aromatic nitrogens is 2. The highest BCUT2D eigenvalue weighted by Crippen LogP contribution is 2.26. The van der Waals surface area contributed by atoms with Crippen molar-refractivity contribution in [2.75, 3.05) is 14.2 Å². The lowest BCUT2D eigenvalue weighted by Gasteiger charge is -2.37. The van der Waals surface area contributed by atoms with Gasteiger partial charge in [-0.25, -0.2) is 4.98 Å². The first kappa shape index (κ1) is 25.7. The maximum atomic E-state index is 12.3. The number of halogens is 3. The van der Waals surface area contributed by atoms with Gasteiger partial charge in [-0.05, 0) is 36.8 Å². The number of nitrogens with zero attached hydrogens (tertiary/aromatic N) is 3. The molecule has 11 heteroatoms. The Labute approximate surface area is 206 Å². The van der Waals surface area contributed by atoms with Crippen LogP contribution in [0.4, 0.5) is 13.2 Å². The van der Waals surface area contributed by atoms with Gasteiger partial charge in [0, 0.05) is 38.1 Å². The Balaban J connectivity index is 1.36. The third kappa shape index (κ3) is 6.42. The van der Waals surface area contributed by atoms with Gasteiger partial charge in [-0.15, -0.1) is 13.2 Å². The van der Waals surface area contributed by atoms with Gasteiger partial charge in [0.15, 0.2) is 0 Å². The molecule has 1 saturated heterocycles. The number of rotatable bonds is 8. The summed E-state index contributed by atoms with van der Waals surface area (Å²) < 4.78 is 59.3. The molecular formula is C25H26F3N3O5. The van der Waals surface area contributed by atoms with E-state index in [0.29, 0.717) is 17.8 Å². The minimum Gasteiger partial charge on any atom is -0.406 e. The van der Waals surface area contributed by atoms with E-state index in [1.807, 2.05) is 31.2 Å². The topological polar surface area (TPSA) is 76.3 Å². The second kappa shape index (κ2) is 11.1. The van der Waals surface area contributed by atoms with Gasteiger partial charge in [0.2, 0.25) is 0 Å². The smallest absolute Gasteiger partial charge is 0.406 e. The summed E-state index contributed by atoms with van der Waals surface area (Å²) in [5.74, 6) is -0.283. The quantitative estimate of drug-likeness (QED) is 0.319. The normalized spacial score (nSPS) is 22.6. The van der Waals surface area contributed by atoms with Crippen molar-refractivity contribution in [2.45, 2.75) is 44.3 Å². The second-order valence-electron chi connectivity index (χ2n) is 8.16. The summed E-state index contributed by atoms with van der Waals surface area (Å²) in [4.78, 5) is 9.92. The zero-order chi connectivity index (χ0) is 25.7. The highest BCUT2D eigenvalue weighted by molar-refractivity contribution is 5.80. The molecule has 0 radical (unpaired) electrons. The molecule has 4 rings (SSSR count). The molecular weight excluding hydrogens is 479 g/mol. The number of oxime groups is 1. The van der Waals surface area contributed by atoms with Gasteiger partial charge >= 0.3 is 6.36 Å². The summed E-state index contributed by atoms with van der Waals surface area (Å²) in [7, 11) is 3.23. The van der Waals surface area contributed by atoms with Crippen LogP contribution in [-0.2, 0) is 19.0 Å². The zero-order valence-corrected chi connectivity index (χ0v) is 19.9. The van der Waals surface area contributed by atoms with Crippen LogP contribution >= 0.6 is 0 Å². The largest absolute Gasteiger partial charge is 0.573 e. The fourth-order valence-electron chi connectivity index (χ4n) is 3.83. The molecule has 0 saturated carbocycles. The first-order chi connectivity index (χ1) is 17.3. The molecule has 0 amide bonds. The SMILES string of the molecule is CO[C@@H]1C[C@@H](OC)[C@H](C)O[C@H]1O/N=C/c1ccc(-c2cn(-c3ccc(OC(F)(F)F)cc3)cn2)cc1. The molecule has 1 aliphatic heterocycles. The molecule has 2 heterocycles. The first-order valence-electron chi connectivity index (χ1n) is 11.2. The van der Waals surface area contributed by atoms with Gasteiger partial charge in [-0.1, -0.05) is 29.4 Å². The molecule has 0 aliphatic carbocycles. The Kier molecular flexibility index (Phi) is 7.92. The van der Waals surface area contributed by atoms with E-state index in [2.05, 4.69) is 14.9 Å². The number of hydrogen-bond donors (Lipinski definition) is 0. The van der Waals surface area contributed by atoms with Gasteiger partial charge in [0.25, 0.3) is 6.29 Å². The summed E-state index contributed by atoms with van der Waals surface area (Å²) >= 11 is 0. The predicted octanol–water partition coefficient (Wildman–Crippen LogP) is 4.95. The molecule has 1 aliphatic rings. The summed E-state index contributed by atoms with van der Waals surface area (Å²) in [6.45, 7) is 1.91. The Morgan fingerprint density at radius 1 is 1.03 bits per heavy atom. The van der Waals surface area contributed by atoms with Gasteiger partial charge in [-0.3, -0.25) is 0 Å².